The Labute approximate surface area is 202 Å². The van der Waals surface area contributed by atoms with Crippen LogP contribution in [0.1, 0.15) is 60.8 Å². The maximum atomic E-state index is 13.0. The Morgan fingerprint density at radius 1 is 1.00 bits per heavy atom. The highest BCUT2D eigenvalue weighted by Crippen LogP contribution is 2.20. The van der Waals surface area contributed by atoms with Crippen LogP contribution in [0, 0.1) is 12.8 Å². The summed E-state index contributed by atoms with van der Waals surface area (Å²) in [6, 6.07) is 15.7. The van der Waals surface area contributed by atoms with Crippen molar-refractivity contribution in [3.8, 4) is 0 Å². The van der Waals surface area contributed by atoms with Crippen LogP contribution in [0.3, 0.4) is 0 Å². The summed E-state index contributed by atoms with van der Waals surface area (Å²) < 4.78 is 2.11. The van der Waals surface area contributed by atoms with Gasteiger partial charge in [-0.05, 0) is 62.3 Å². The molecule has 1 saturated heterocycles. The fourth-order valence-electron chi connectivity index (χ4n) is 4.70. The number of aryl methyl sites for hydroxylation is 2. The molecule has 34 heavy (non-hydrogen) atoms. The monoisotopic (exact) mass is 460 g/mol. The summed E-state index contributed by atoms with van der Waals surface area (Å²) in [5, 5.41) is 3.03. The number of hydrogen-bond acceptors (Lipinski definition) is 3. The second-order valence-corrected chi connectivity index (χ2v) is 9.55. The molecule has 1 aliphatic heterocycles. The van der Waals surface area contributed by atoms with Gasteiger partial charge in [0.25, 0.3) is 5.91 Å². The summed E-state index contributed by atoms with van der Waals surface area (Å²) in [4.78, 5) is 32.2. The molecule has 0 saturated carbocycles. The number of rotatable bonds is 9. The number of carbonyl (C=O) groups is 2. The van der Waals surface area contributed by atoms with Gasteiger partial charge in [-0.25, -0.2) is 4.98 Å². The topological polar surface area (TPSA) is 67.2 Å². The van der Waals surface area contributed by atoms with Crippen molar-refractivity contribution in [2.24, 2.45) is 5.92 Å². The number of unbranched alkanes of at least 4 members (excludes halogenated alkanes) is 2. The molecule has 3 aromatic rings. The Balaban J connectivity index is 1.30. The first-order chi connectivity index (χ1) is 16.5. The molecule has 0 spiro atoms. The summed E-state index contributed by atoms with van der Waals surface area (Å²) in [5.41, 5.74) is 3.71. The number of nitrogens with one attached hydrogen (secondary N) is 1. The van der Waals surface area contributed by atoms with E-state index in [1.165, 1.54) is 0 Å². The number of benzene rings is 2. The van der Waals surface area contributed by atoms with Gasteiger partial charge in [-0.15, -0.1) is 0 Å². The van der Waals surface area contributed by atoms with Crippen molar-refractivity contribution in [3.63, 3.8) is 0 Å². The number of piperidine rings is 1. The van der Waals surface area contributed by atoms with Crippen LogP contribution in [-0.4, -0.2) is 45.9 Å². The van der Waals surface area contributed by atoms with E-state index in [1.54, 1.807) is 0 Å². The molecule has 2 heterocycles. The summed E-state index contributed by atoms with van der Waals surface area (Å²) in [6.07, 6.45) is 5.88. The third-order valence-corrected chi connectivity index (χ3v) is 6.92. The Hall–Kier alpha value is -3.15. The number of aromatic nitrogens is 2. The van der Waals surface area contributed by atoms with Crippen LogP contribution in [0.25, 0.3) is 11.0 Å². The van der Waals surface area contributed by atoms with Crippen LogP contribution >= 0.6 is 0 Å². The Bertz CT molecular complexity index is 1130. The third-order valence-electron chi connectivity index (χ3n) is 6.92. The van der Waals surface area contributed by atoms with E-state index in [1.807, 2.05) is 54.3 Å². The summed E-state index contributed by atoms with van der Waals surface area (Å²) >= 11 is 0. The molecule has 0 atom stereocenters. The molecular weight excluding hydrogens is 424 g/mol. The molecule has 4 rings (SSSR count). The normalized spacial score (nSPS) is 14.5. The van der Waals surface area contributed by atoms with E-state index in [-0.39, 0.29) is 11.8 Å². The molecule has 0 bridgehead atoms. The Morgan fingerprint density at radius 2 is 1.74 bits per heavy atom. The number of nitrogens with zero attached hydrogens (tertiary/aromatic N) is 3. The molecule has 6 nitrogen and oxygen atoms in total. The second kappa shape index (κ2) is 11.3. The lowest BCUT2D eigenvalue weighted by atomic mass is 9.99. The molecule has 1 aromatic heterocycles. The minimum atomic E-state index is -0.00879. The Morgan fingerprint density at radius 3 is 2.53 bits per heavy atom. The first-order valence-electron chi connectivity index (χ1n) is 12.6. The van der Waals surface area contributed by atoms with Crippen LogP contribution in [0.4, 0.5) is 0 Å². The summed E-state index contributed by atoms with van der Waals surface area (Å²) in [6.45, 7) is 6.95. The average Bonchev–Trinajstić information content (AvgIpc) is 3.19. The molecular formula is C28H36N4O2. The minimum Gasteiger partial charge on any atom is -0.352 e. The average molecular weight is 461 g/mol. The van der Waals surface area contributed by atoms with Gasteiger partial charge >= 0.3 is 0 Å². The molecule has 6 heteroatoms. The maximum Gasteiger partial charge on any atom is 0.251 e. The van der Waals surface area contributed by atoms with E-state index >= 15 is 0 Å². The van der Waals surface area contributed by atoms with Crippen LogP contribution < -0.4 is 5.32 Å². The van der Waals surface area contributed by atoms with Gasteiger partial charge in [0.1, 0.15) is 12.4 Å². The van der Waals surface area contributed by atoms with E-state index in [0.29, 0.717) is 19.0 Å². The summed E-state index contributed by atoms with van der Waals surface area (Å²) in [5.74, 6) is 1.86. The maximum absolute atomic E-state index is 13.0. The zero-order valence-corrected chi connectivity index (χ0v) is 20.4. The minimum absolute atomic E-state index is 0.00879. The lowest BCUT2D eigenvalue weighted by Crippen LogP contribution is -2.39. The largest absolute Gasteiger partial charge is 0.352 e. The van der Waals surface area contributed by atoms with Gasteiger partial charge < -0.3 is 14.8 Å². The molecule has 180 valence electrons. The van der Waals surface area contributed by atoms with Crippen molar-refractivity contribution < 1.29 is 9.59 Å². The molecule has 1 fully saturated rings. The lowest BCUT2D eigenvalue weighted by molar-refractivity contribution is -0.133. The standard InChI is InChI=1S/C28H36N4O2/c1-21-15-18-31(19-16-21)27(33)20-32-25-13-8-7-12-24(25)30-26(32)14-4-3-9-17-29-28(34)23-11-6-5-10-22(23)2/h5-8,10-13,21H,3-4,9,14-20H2,1-2H3,(H,29,34). The number of para-hydroxylation sites is 2. The SMILES string of the molecule is Cc1ccccc1C(=O)NCCCCCc1nc2ccccc2n1CC(=O)N1CCC(C)CC1. The molecule has 1 aliphatic rings. The number of hydrogen-bond donors (Lipinski definition) is 1. The molecule has 2 amide bonds. The predicted octanol–water partition coefficient (Wildman–Crippen LogP) is 4.75. The molecule has 0 aliphatic carbocycles. The van der Waals surface area contributed by atoms with Gasteiger partial charge in [-0.2, -0.15) is 0 Å². The van der Waals surface area contributed by atoms with Gasteiger partial charge in [0.15, 0.2) is 0 Å². The quantitative estimate of drug-likeness (QED) is 0.469. The number of carbonyl (C=O) groups excluding carboxylic acids is 2. The molecule has 2 aromatic carbocycles. The van der Waals surface area contributed by atoms with E-state index in [2.05, 4.69) is 22.9 Å². The van der Waals surface area contributed by atoms with Crippen molar-refractivity contribution in [3.05, 3.63) is 65.5 Å². The summed E-state index contributed by atoms with van der Waals surface area (Å²) in [7, 11) is 0. The zero-order valence-electron chi connectivity index (χ0n) is 20.4. The Kier molecular flexibility index (Phi) is 7.99. The number of amides is 2. The number of fused-ring (bicyclic) bond motifs is 1. The van der Waals surface area contributed by atoms with Crippen LogP contribution in [0.5, 0.6) is 0 Å². The zero-order chi connectivity index (χ0) is 23.9. The van der Waals surface area contributed by atoms with Gasteiger partial charge in [0.2, 0.25) is 5.91 Å². The first kappa shape index (κ1) is 24.0. The van der Waals surface area contributed by atoms with Gasteiger partial charge in [0.05, 0.1) is 11.0 Å². The van der Waals surface area contributed by atoms with Crippen LogP contribution in [0.2, 0.25) is 0 Å². The van der Waals surface area contributed by atoms with E-state index in [0.717, 1.165) is 79.6 Å². The number of likely N-dealkylation sites (tertiary alicyclic amines) is 1. The lowest BCUT2D eigenvalue weighted by Gasteiger charge is -2.30. The van der Waals surface area contributed by atoms with Crippen molar-refractivity contribution in [2.75, 3.05) is 19.6 Å². The fraction of sp³-hybridized carbons (Fsp3) is 0.464. The molecule has 0 unspecified atom stereocenters. The molecule has 1 N–H and O–H groups in total. The van der Waals surface area contributed by atoms with Crippen molar-refractivity contribution >= 4 is 22.8 Å². The van der Waals surface area contributed by atoms with E-state index in [4.69, 9.17) is 4.98 Å². The van der Waals surface area contributed by atoms with Gasteiger partial charge in [-0.3, -0.25) is 9.59 Å². The highest BCUT2D eigenvalue weighted by atomic mass is 16.2. The van der Waals surface area contributed by atoms with E-state index < -0.39 is 0 Å². The predicted molar refractivity (Wildman–Crippen MR) is 136 cm³/mol. The van der Waals surface area contributed by atoms with Crippen molar-refractivity contribution in [1.29, 1.82) is 0 Å². The van der Waals surface area contributed by atoms with Crippen LogP contribution in [0.15, 0.2) is 48.5 Å². The smallest absolute Gasteiger partial charge is 0.251 e. The van der Waals surface area contributed by atoms with Gasteiger partial charge in [0, 0.05) is 31.6 Å². The number of imidazole rings is 1. The highest BCUT2D eigenvalue weighted by molar-refractivity contribution is 5.95. The van der Waals surface area contributed by atoms with E-state index in [9.17, 15) is 9.59 Å². The third kappa shape index (κ3) is 5.85. The van der Waals surface area contributed by atoms with Crippen LogP contribution in [-0.2, 0) is 17.8 Å². The van der Waals surface area contributed by atoms with Crippen molar-refractivity contribution in [1.82, 2.24) is 19.8 Å². The first-order valence-corrected chi connectivity index (χ1v) is 12.6. The van der Waals surface area contributed by atoms with Gasteiger partial charge in [-0.1, -0.05) is 43.7 Å². The second-order valence-electron chi connectivity index (χ2n) is 9.55. The molecule has 0 radical (unpaired) electrons. The van der Waals surface area contributed by atoms with Crippen molar-refractivity contribution in [2.45, 2.75) is 58.9 Å². The highest BCUT2D eigenvalue weighted by Gasteiger charge is 2.22. The fourth-order valence-corrected chi connectivity index (χ4v) is 4.70.